The molecule has 4 heteroatoms. The highest BCUT2D eigenvalue weighted by Gasteiger charge is 2.09. The van der Waals surface area contributed by atoms with Crippen molar-refractivity contribution in [2.75, 3.05) is 6.54 Å². The summed E-state index contributed by atoms with van der Waals surface area (Å²) >= 11 is 12.1. The van der Waals surface area contributed by atoms with Crippen LogP contribution in [0.25, 0.3) is 10.9 Å². The smallest absolute Gasteiger partial charge is 0.0514 e. The van der Waals surface area contributed by atoms with Crippen molar-refractivity contribution in [3.63, 3.8) is 0 Å². The van der Waals surface area contributed by atoms with Gasteiger partial charge in [0.25, 0.3) is 0 Å². The largest absolute Gasteiger partial charge is 0.348 e. The average molecular weight is 243 g/mol. The SMILES string of the molecule is Cn1c(CCN)cc2c(Cl)cc(Cl)cc21. The maximum absolute atomic E-state index is 6.12. The second-order valence-electron chi connectivity index (χ2n) is 3.55. The lowest BCUT2D eigenvalue weighted by atomic mass is 10.2. The van der Waals surface area contributed by atoms with Gasteiger partial charge in [-0.2, -0.15) is 0 Å². The summed E-state index contributed by atoms with van der Waals surface area (Å²) in [6, 6.07) is 5.75. The molecule has 0 amide bonds. The summed E-state index contributed by atoms with van der Waals surface area (Å²) in [6.45, 7) is 0.634. The molecule has 0 aliphatic carbocycles. The lowest BCUT2D eigenvalue weighted by Crippen LogP contribution is -2.06. The summed E-state index contributed by atoms with van der Waals surface area (Å²) in [5.41, 5.74) is 7.78. The molecule has 0 bridgehead atoms. The molecule has 2 nitrogen and oxygen atoms in total. The van der Waals surface area contributed by atoms with Crippen molar-refractivity contribution in [2.24, 2.45) is 12.8 Å². The Morgan fingerprint density at radius 3 is 2.67 bits per heavy atom. The van der Waals surface area contributed by atoms with Crippen LogP contribution in [0.2, 0.25) is 10.0 Å². The van der Waals surface area contributed by atoms with Crippen molar-refractivity contribution in [3.05, 3.63) is 33.9 Å². The normalized spacial score (nSPS) is 11.2. The number of rotatable bonds is 2. The molecular formula is C11H12Cl2N2. The molecule has 0 saturated carbocycles. The number of hydrogen-bond acceptors (Lipinski definition) is 1. The summed E-state index contributed by atoms with van der Waals surface area (Å²) in [6.07, 6.45) is 0.846. The molecule has 0 aliphatic heterocycles. The summed E-state index contributed by atoms with van der Waals surface area (Å²) < 4.78 is 2.08. The molecule has 0 radical (unpaired) electrons. The standard InChI is InChI=1S/C11H12Cl2N2/c1-15-8(2-3-14)6-9-10(13)4-7(12)5-11(9)15/h4-6H,2-3,14H2,1H3. The van der Waals surface area contributed by atoms with Crippen molar-refractivity contribution in [2.45, 2.75) is 6.42 Å². The van der Waals surface area contributed by atoms with Gasteiger partial charge in [-0.15, -0.1) is 0 Å². The topological polar surface area (TPSA) is 30.9 Å². The molecule has 2 rings (SSSR count). The predicted octanol–water partition coefficient (Wildman–Crippen LogP) is 2.99. The molecule has 0 fully saturated rings. The fourth-order valence-electron chi connectivity index (χ4n) is 1.80. The molecule has 1 heterocycles. The van der Waals surface area contributed by atoms with Gasteiger partial charge in [-0.05, 0) is 31.2 Å². The van der Waals surface area contributed by atoms with Gasteiger partial charge in [0.1, 0.15) is 0 Å². The number of nitrogens with zero attached hydrogens (tertiary/aromatic N) is 1. The van der Waals surface area contributed by atoms with E-state index >= 15 is 0 Å². The Bertz CT molecular complexity index is 503. The highest BCUT2D eigenvalue weighted by molar-refractivity contribution is 6.38. The molecule has 0 aliphatic rings. The number of nitrogens with two attached hydrogens (primary N) is 1. The molecule has 80 valence electrons. The molecule has 15 heavy (non-hydrogen) atoms. The van der Waals surface area contributed by atoms with Crippen molar-refractivity contribution >= 4 is 34.1 Å². The molecule has 0 unspecified atom stereocenters. The third-order valence-corrected chi connectivity index (χ3v) is 3.11. The minimum atomic E-state index is 0.634. The zero-order valence-electron chi connectivity index (χ0n) is 8.43. The van der Waals surface area contributed by atoms with Crippen LogP contribution < -0.4 is 5.73 Å². The first-order valence-corrected chi connectivity index (χ1v) is 5.52. The van der Waals surface area contributed by atoms with Gasteiger partial charge in [0.15, 0.2) is 0 Å². The fraction of sp³-hybridized carbons (Fsp3) is 0.273. The van der Waals surface area contributed by atoms with Crippen LogP contribution in [0.4, 0.5) is 0 Å². The van der Waals surface area contributed by atoms with Crippen LogP contribution in [-0.2, 0) is 13.5 Å². The Hall–Kier alpha value is -0.700. The van der Waals surface area contributed by atoms with Crippen molar-refractivity contribution in [3.8, 4) is 0 Å². The second kappa shape index (κ2) is 4.05. The Morgan fingerprint density at radius 1 is 1.27 bits per heavy atom. The molecule has 0 atom stereocenters. The van der Waals surface area contributed by atoms with E-state index in [0.717, 1.165) is 17.3 Å². The van der Waals surface area contributed by atoms with Gasteiger partial charge < -0.3 is 10.3 Å². The van der Waals surface area contributed by atoms with E-state index in [1.165, 1.54) is 5.69 Å². The lowest BCUT2D eigenvalue weighted by Gasteiger charge is -2.02. The summed E-state index contributed by atoms with van der Waals surface area (Å²) in [5, 5.41) is 2.39. The van der Waals surface area contributed by atoms with Crippen LogP contribution in [0.3, 0.4) is 0 Å². The van der Waals surface area contributed by atoms with Crippen molar-refractivity contribution < 1.29 is 0 Å². The Labute approximate surface area is 98.6 Å². The number of fused-ring (bicyclic) bond motifs is 1. The molecular weight excluding hydrogens is 231 g/mol. The minimum absolute atomic E-state index is 0.634. The maximum Gasteiger partial charge on any atom is 0.0514 e. The van der Waals surface area contributed by atoms with Gasteiger partial charge in [-0.3, -0.25) is 0 Å². The predicted molar refractivity (Wildman–Crippen MR) is 65.7 cm³/mol. The molecule has 2 aromatic rings. The van der Waals surface area contributed by atoms with Gasteiger partial charge >= 0.3 is 0 Å². The van der Waals surface area contributed by atoms with E-state index in [1.54, 1.807) is 6.07 Å². The van der Waals surface area contributed by atoms with Crippen LogP contribution >= 0.6 is 23.2 Å². The highest BCUT2D eigenvalue weighted by Crippen LogP contribution is 2.30. The summed E-state index contributed by atoms with van der Waals surface area (Å²) in [5.74, 6) is 0. The molecule has 0 spiro atoms. The first-order valence-electron chi connectivity index (χ1n) is 4.77. The van der Waals surface area contributed by atoms with E-state index in [9.17, 15) is 0 Å². The monoisotopic (exact) mass is 242 g/mol. The highest BCUT2D eigenvalue weighted by atomic mass is 35.5. The van der Waals surface area contributed by atoms with Crippen LogP contribution in [0.15, 0.2) is 18.2 Å². The third-order valence-electron chi connectivity index (χ3n) is 2.58. The van der Waals surface area contributed by atoms with E-state index in [-0.39, 0.29) is 0 Å². The van der Waals surface area contributed by atoms with Crippen LogP contribution in [0, 0.1) is 0 Å². The Kier molecular flexibility index (Phi) is 2.91. The van der Waals surface area contributed by atoms with E-state index in [1.807, 2.05) is 13.1 Å². The zero-order chi connectivity index (χ0) is 11.0. The quantitative estimate of drug-likeness (QED) is 0.863. The minimum Gasteiger partial charge on any atom is -0.348 e. The number of aromatic nitrogens is 1. The Morgan fingerprint density at radius 2 is 2.00 bits per heavy atom. The van der Waals surface area contributed by atoms with Crippen molar-refractivity contribution in [1.29, 1.82) is 0 Å². The molecule has 1 aromatic carbocycles. The second-order valence-corrected chi connectivity index (χ2v) is 4.40. The molecule has 2 N–H and O–H groups in total. The van der Waals surface area contributed by atoms with E-state index in [4.69, 9.17) is 28.9 Å². The van der Waals surface area contributed by atoms with E-state index < -0.39 is 0 Å². The summed E-state index contributed by atoms with van der Waals surface area (Å²) in [4.78, 5) is 0. The molecule has 0 saturated heterocycles. The number of benzene rings is 1. The zero-order valence-corrected chi connectivity index (χ0v) is 9.94. The van der Waals surface area contributed by atoms with Crippen LogP contribution in [0.5, 0.6) is 0 Å². The third kappa shape index (κ3) is 1.85. The first-order chi connectivity index (χ1) is 7.13. The van der Waals surface area contributed by atoms with Gasteiger partial charge in [-0.1, -0.05) is 23.2 Å². The average Bonchev–Trinajstić information content (AvgIpc) is 2.47. The van der Waals surface area contributed by atoms with Crippen LogP contribution in [-0.4, -0.2) is 11.1 Å². The van der Waals surface area contributed by atoms with Gasteiger partial charge in [0.05, 0.1) is 10.5 Å². The van der Waals surface area contributed by atoms with Crippen molar-refractivity contribution in [1.82, 2.24) is 4.57 Å². The van der Waals surface area contributed by atoms with Gasteiger partial charge in [-0.25, -0.2) is 0 Å². The number of hydrogen-bond donors (Lipinski definition) is 1. The lowest BCUT2D eigenvalue weighted by molar-refractivity contribution is 0.827. The maximum atomic E-state index is 6.12. The van der Waals surface area contributed by atoms with Gasteiger partial charge in [0.2, 0.25) is 0 Å². The van der Waals surface area contributed by atoms with E-state index in [2.05, 4.69) is 10.6 Å². The number of halogens is 2. The first kappa shape index (κ1) is 10.8. The van der Waals surface area contributed by atoms with Gasteiger partial charge in [0, 0.05) is 23.2 Å². The summed E-state index contributed by atoms with van der Waals surface area (Å²) in [7, 11) is 2.00. The van der Waals surface area contributed by atoms with E-state index in [0.29, 0.717) is 16.6 Å². The molecule has 1 aromatic heterocycles. The fourth-order valence-corrected chi connectivity index (χ4v) is 2.33. The Balaban J connectivity index is 2.70. The van der Waals surface area contributed by atoms with Crippen LogP contribution in [0.1, 0.15) is 5.69 Å². The number of aryl methyl sites for hydroxylation is 1.